The van der Waals surface area contributed by atoms with Crippen LogP contribution in [0.3, 0.4) is 0 Å². The van der Waals surface area contributed by atoms with Crippen LogP contribution in [0.15, 0.2) is 42.5 Å². The molecule has 2 N–H and O–H groups in total. The molecule has 0 unspecified atom stereocenters. The Balaban J connectivity index is 2.28. The van der Waals surface area contributed by atoms with E-state index in [1.807, 2.05) is 24.3 Å². The second-order valence-electron chi connectivity index (χ2n) is 4.72. The van der Waals surface area contributed by atoms with E-state index in [-0.39, 0.29) is 5.82 Å². The van der Waals surface area contributed by atoms with Crippen molar-refractivity contribution < 1.29 is 4.39 Å². The number of anilines is 2. The number of para-hydroxylation sites is 2. The topological polar surface area (TPSA) is 29.3 Å². The van der Waals surface area contributed by atoms with Gasteiger partial charge < -0.3 is 10.6 Å². The normalized spacial score (nSPS) is 10.6. The number of halogens is 2. The van der Waals surface area contributed by atoms with Crippen molar-refractivity contribution in [2.75, 3.05) is 17.2 Å². The van der Waals surface area contributed by atoms with Gasteiger partial charge in [-0.3, -0.25) is 0 Å². The van der Waals surface area contributed by atoms with Crippen molar-refractivity contribution in [2.45, 2.75) is 19.9 Å². The van der Waals surface area contributed by atoms with Crippen molar-refractivity contribution in [2.24, 2.45) is 0 Å². The first kappa shape index (κ1) is 14.7. The maximum Gasteiger partial charge on any atom is 0.124 e. The molecule has 0 radical (unpaired) electrons. The van der Waals surface area contributed by atoms with Crippen LogP contribution in [0.4, 0.5) is 15.8 Å². The van der Waals surface area contributed by atoms with Crippen LogP contribution in [-0.4, -0.2) is 6.54 Å². The smallest absolute Gasteiger partial charge is 0.124 e. The molecule has 0 saturated carbocycles. The molecule has 2 rings (SSSR count). The molecular formula is C16H18ClFN2. The first-order valence-electron chi connectivity index (χ1n) is 6.65. The monoisotopic (exact) mass is 292 g/mol. The Morgan fingerprint density at radius 3 is 2.60 bits per heavy atom. The molecule has 2 aromatic carbocycles. The summed E-state index contributed by atoms with van der Waals surface area (Å²) < 4.78 is 13.1. The zero-order chi connectivity index (χ0) is 14.5. The number of nitrogen functional groups attached to an aromatic ring is 1. The third-order valence-corrected chi connectivity index (χ3v) is 3.50. The zero-order valence-corrected chi connectivity index (χ0v) is 12.2. The number of rotatable bonds is 5. The lowest BCUT2D eigenvalue weighted by molar-refractivity contribution is 0.626. The van der Waals surface area contributed by atoms with Crippen LogP contribution >= 0.6 is 11.6 Å². The highest BCUT2D eigenvalue weighted by atomic mass is 35.5. The Bertz CT molecular complexity index is 586. The molecule has 4 heteroatoms. The molecule has 0 aromatic heterocycles. The molecule has 0 aliphatic rings. The minimum atomic E-state index is -0.319. The third-order valence-electron chi connectivity index (χ3n) is 3.15. The van der Waals surface area contributed by atoms with Gasteiger partial charge in [0, 0.05) is 18.1 Å². The highest BCUT2D eigenvalue weighted by Gasteiger charge is 2.11. The lowest BCUT2D eigenvalue weighted by Gasteiger charge is -2.26. The number of nitrogens with zero attached hydrogens (tertiary/aromatic N) is 1. The predicted octanol–water partition coefficient (Wildman–Crippen LogP) is 4.48. The minimum Gasteiger partial charge on any atom is -0.397 e. The summed E-state index contributed by atoms with van der Waals surface area (Å²) in [6, 6.07) is 12.2. The van der Waals surface area contributed by atoms with Crippen LogP contribution in [0.1, 0.15) is 18.9 Å². The third kappa shape index (κ3) is 3.42. The van der Waals surface area contributed by atoms with Crippen molar-refractivity contribution in [3.8, 4) is 0 Å². The van der Waals surface area contributed by atoms with Gasteiger partial charge in [-0.1, -0.05) is 36.7 Å². The van der Waals surface area contributed by atoms with E-state index in [0.29, 0.717) is 11.6 Å². The molecule has 0 fully saturated rings. The second-order valence-corrected chi connectivity index (χ2v) is 5.12. The van der Waals surface area contributed by atoms with E-state index in [1.165, 1.54) is 12.1 Å². The fraction of sp³-hybridized carbons (Fsp3) is 0.250. The molecule has 0 saturated heterocycles. The van der Waals surface area contributed by atoms with Gasteiger partial charge in [-0.2, -0.15) is 0 Å². The largest absolute Gasteiger partial charge is 0.397 e. The van der Waals surface area contributed by atoms with Crippen LogP contribution in [0.5, 0.6) is 0 Å². The quantitative estimate of drug-likeness (QED) is 0.823. The molecule has 0 amide bonds. The molecule has 20 heavy (non-hydrogen) atoms. The molecule has 2 nitrogen and oxygen atoms in total. The lowest BCUT2D eigenvalue weighted by atomic mass is 10.1. The molecule has 0 aliphatic carbocycles. The van der Waals surface area contributed by atoms with Gasteiger partial charge in [0.2, 0.25) is 0 Å². The lowest BCUT2D eigenvalue weighted by Crippen LogP contribution is -2.24. The van der Waals surface area contributed by atoms with Gasteiger partial charge in [-0.25, -0.2) is 4.39 Å². The van der Waals surface area contributed by atoms with E-state index in [2.05, 4.69) is 11.8 Å². The van der Waals surface area contributed by atoms with E-state index >= 15 is 0 Å². The van der Waals surface area contributed by atoms with Crippen molar-refractivity contribution >= 4 is 23.0 Å². The summed E-state index contributed by atoms with van der Waals surface area (Å²) in [4.78, 5) is 2.16. The van der Waals surface area contributed by atoms with Crippen molar-refractivity contribution in [1.29, 1.82) is 0 Å². The van der Waals surface area contributed by atoms with E-state index < -0.39 is 0 Å². The van der Waals surface area contributed by atoms with E-state index in [4.69, 9.17) is 17.3 Å². The molecular weight excluding hydrogens is 275 g/mol. The summed E-state index contributed by atoms with van der Waals surface area (Å²) in [7, 11) is 0. The van der Waals surface area contributed by atoms with Gasteiger partial charge in [-0.15, -0.1) is 0 Å². The summed E-state index contributed by atoms with van der Waals surface area (Å²) in [6.45, 7) is 3.58. The highest BCUT2D eigenvalue weighted by Crippen LogP contribution is 2.27. The average Bonchev–Trinajstić information content (AvgIpc) is 2.42. The fourth-order valence-corrected chi connectivity index (χ4v) is 2.41. The first-order chi connectivity index (χ1) is 9.61. The number of hydrogen-bond donors (Lipinski definition) is 1. The summed E-state index contributed by atoms with van der Waals surface area (Å²) in [6.07, 6.45) is 0.993. The molecule has 2 aromatic rings. The van der Waals surface area contributed by atoms with Crippen LogP contribution in [0, 0.1) is 5.82 Å². The van der Waals surface area contributed by atoms with Crippen molar-refractivity contribution in [3.05, 3.63) is 58.9 Å². The van der Waals surface area contributed by atoms with Gasteiger partial charge in [0.25, 0.3) is 0 Å². The minimum absolute atomic E-state index is 0.319. The first-order valence-corrected chi connectivity index (χ1v) is 7.03. The molecule has 106 valence electrons. The van der Waals surface area contributed by atoms with E-state index in [1.54, 1.807) is 6.07 Å². The molecule has 0 aliphatic heterocycles. The molecule has 0 heterocycles. The van der Waals surface area contributed by atoms with Gasteiger partial charge >= 0.3 is 0 Å². The predicted molar refractivity (Wildman–Crippen MR) is 83.6 cm³/mol. The standard InChI is InChI=1S/C16H18ClFN2/c1-2-9-20(16-6-4-3-5-15(16)19)11-12-7-8-13(18)10-14(12)17/h3-8,10H,2,9,11,19H2,1H3. The molecule has 0 atom stereocenters. The number of nitrogens with two attached hydrogens (primary N) is 1. The average molecular weight is 293 g/mol. The SMILES string of the molecule is CCCN(Cc1ccc(F)cc1Cl)c1ccccc1N. The van der Waals surface area contributed by atoms with Gasteiger partial charge in [0.1, 0.15) is 5.82 Å². The molecule has 0 bridgehead atoms. The Labute approximate surface area is 124 Å². The Morgan fingerprint density at radius 2 is 1.95 bits per heavy atom. The van der Waals surface area contributed by atoms with Crippen molar-refractivity contribution in [1.82, 2.24) is 0 Å². The summed E-state index contributed by atoms with van der Waals surface area (Å²) in [5.74, 6) is -0.319. The Hall–Kier alpha value is -1.74. The molecule has 0 spiro atoms. The van der Waals surface area contributed by atoms with Crippen LogP contribution in [0.2, 0.25) is 5.02 Å². The fourth-order valence-electron chi connectivity index (χ4n) is 2.19. The van der Waals surface area contributed by atoms with Crippen molar-refractivity contribution in [3.63, 3.8) is 0 Å². The summed E-state index contributed by atoms with van der Waals surface area (Å²) in [5, 5.41) is 0.445. The van der Waals surface area contributed by atoms with Crippen LogP contribution < -0.4 is 10.6 Å². The number of benzene rings is 2. The van der Waals surface area contributed by atoms with E-state index in [9.17, 15) is 4.39 Å². The number of hydrogen-bond acceptors (Lipinski definition) is 2. The highest BCUT2D eigenvalue weighted by molar-refractivity contribution is 6.31. The Morgan fingerprint density at radius 1 is 1.20 bits per heavy atom. The maximum atomic E-state index is 13.1. The second kappa shape index (κ2) is 6.62. The van der Waals surface area contributed by atoms with E-state index in [0.717, 1.165) is 29.9 Å². The summed E-state index contributed by atoms with van der Waals surface area (Å²) >= 11 is 6.10. The van der Waals surface area contributed by atoms with Crippen LogP contribution in [0.25, 0.3) is 0 Å². The maximum absolute atomic E-state index is 13.1. The van der Waals surface area contributed by atoms with Gasteiger partial charge in [-0.05, 0) is 36.2 Å². The zero-order valence-electron chi connectivity index (χ0n) is 11.4. The Kier molecular flexibility index (Phi) is 4.85. The van der Waals surface area contributed by atoms with Gasteiger partial charge in [0.05, 0.1) is 11.4 Å². The van der Waals surface area contributed by atoms with Gasteiger partial charge in [0.15, 0.2) is 0 Å². The summed E-state index contributed by atoms with van der Waals surface area (Å²) in [5.41, 5.74) is 8.64. The van der Waals surface area contributed by atoms with Crippen LogP contribution in [-0.2, 0) is 6.54 Å².